The number of methoxy groups -OCH3 is 5. The molecule has 2 aliphatic rings. The Morgan fingerprint density at radius 3 is 2.17 bits per heavy atom. The third kappa shape index (κ3) is 3.73. The number of hydrogen-bond donors (Lipinski definition) is 2. The summed E-state index contributed by atoms with van der Waals surface area (Å²) in [5, 5.41) is 14.0. The standard InChI is InChI=1S/C26H34N2O7/c1-13-8-14-9-17-22(27-2)15-10-19(31-3)25(34-6)24(33-5)16(15)11-20(30)28(17)18(12-29)21(14)26(35-7)23(13)32-4/h8,10,17-18,22,27,29H,9,11-12H2,1-7H3/t17-,18-,22?/m0/s1. The molecule has 2 N–H and O–H groups in total. The van der Waals surface area contributed by atoms with Crippen molar-refractivity contribution in [2.24, 2.45) is 0 Å². The minimum absolute atomic E-state index is 0.0880. The van der Waals surface area contributed by atoms with Gasteiger partial charge >= 0.3 is 0 Å². The number of rotatable bonds is 7. The topological polar surface area (TPSA) is 98.7 Å². The average molecular weight is 487 g/mol. The number of hydrogen-bond acceptors (Lipinski definition) is 8. The number of carbonyl (C=O) groups is 1. The summed E-state index contributed by atoms with van der Waals surface area (Å²) >= 11 is 0. The Morgan fingerprint density at radius 2 is 1.63 bits per heavy atom. The van der Waals surface area contributed by atoms with Gasteiger partial charge in [-0.05, 0) is 43.1 Å². The largest absolute Gasteiger partial charge is 0.493 e. The van der Waals surface area contributed by atoms with Gasteiger partial charge in [0.05, 0.1) is 66.7 Å². The van der Waals surface area contributed by atoms with Crippen molar-refractivity contribution in [2.75, 3.05) is 49.2 Å². The van der Waals surface area contributed by atoms with Gasteiger partial charge in [0.2, 0.25) is 11.7 Å². The van der Waals surface area contributed by atoms with Crippen LogP contribution in [0, 0.1) is 6.92 Å². The van der Waals surface area contributed by atoms with E-state index in [1.165, 1.54) is 0 Å². The van der Waals surface area contributed by atoms with Gasteiger partial charge in [0, 0.05) is 11.1 Å². The van der Waals surface area contributed by atoms with E-state index in [4.69, 9.17) is 23.7 Å². The SMILES string of the molecule is CNC1c2cc(OC)c(OC)c(OC)c2CC(=O)N2[C@@H](CO)c3c(cc(C)c(OC)c3OC)C[C@@H]12. The van der Waals surface area contributed by atoms with Crippen LogP contribution in [0.25, 0.3) is 0 Å². The second kappa shape index (κ2) is 9.83. The van der Waals surface area contributed by atoms with E-state index in [9.17, 15) is 9.90 Å². The zero-order valence-electron chi connectivity index (χ0n) is 21.4. The van der Waals surface area contributed by atoms with E-state index in [1.807, 2.05) is 20.0 Å². The van der Waals surface area contributed by atoms with Gasteiger partial charge in [0.25, 0.3) is 0 Å². The van der Waals surface area contributed by atoms with Crippen LogP contribution in [0.5, 0.6) is 28.7 Å². The van der Waals surface area contributed by atoms with Crippen molar-refractivity contribution in [1.29, 1.82) is 0 Å². The zero-order chi connectivity index (χ0) is 25.4. The van der Waals surface area contributed by atoms with E-state index in [1.54, 1.807) is 40.4 Å². The molecule has 0 spiro atoms. The summed E-state index contributed by atoms with van der Waals surface area (Å²) in [6, 6.07) is 2.87. The highest BCUT2D eigenvalue weighted by atomic mass is 16.5. The number of nitrogens with zero attached hydrogens (tertiary/aromatic N) is 1. The summed E-state index contributed by atoms with van der Waals surface area (Å²) in [4.78, 5) is 15.7. The Morgan fingerprint density at radius 1 is 0.971 bits per heavy atom. The maximum absolute atomic E-state index is 13.9. The van der Waals surface area contributed by atoms with Gasteiger partial charge in [-0.2, -0.15) is 0 Å². The van der Waals surface area contributed by atoms with Crippen LogP contribution in [0.4, 0.5) is 0 Å². The molecule has 190 valence electrons. The summed E-state index contributed by atoms with van der Waals surface area (Å²) in [5.41, 5.74) is 4.38. The molecule has 0 aromatic heterocycles. The number of ether oxygens (including phenoxy) is 5. The molecule has 9 nitrogen and oxygen atoms in total. The highest BCUT2D eigenvalue weighted by Gasteiger charge is 2.46. The molecule has 1 amide bonds. The van der Waals surface area contributed by atoms with Crippen molar-refractivity contribution < 1.29 is 33.6 Å². The predicted octanol–water partition coefficient (Wildman–Crippen LogP) is 2.34. The summed E-state index contributed by atoms with van der Waals surface area (Å²) in [7, 11) is 9.72. The normalized spacial score (nSPS) is 20.9. The van der Waals surface area contributed by atoms with Crippen molar-refractivity contribution in [3.63, 3.8) is 0 Å². The van der Waals surface area contributed by atoms with Gasteiger partial charge in [0.1, 0.15) is 0 Å². The first-order chi connectivity index (χ1) is 16.9. The first-order valence-corrected chi connectivity index (χ1v) is 11.6. The minimum atomic E-state index is -0.597. The smallest absolute Gasteiger partial charge is 0.228 e. The minimum Gasteiger partial charge on any atom is -0.493 e. The Balaban J connectivity index is 1.97. The molecule has 35 heavy (non-hydrogen) atoms. The van der Waals surface area contributed by atoms with Crippen LogP contribution in [0.3, 0.4) is 0 Å². The molecular formula is C26H34N2O7. The lowest BCUT2D eigenvalue weighted by Crippen LogP contribution is -2.52. The van der Waals surface area contributed by atoms with Crippen LogP contribution >= 0.6 is 0 Å². The molecule has 3 atom stereocenters. The molecule has 0 aliphatic carbocycles. The Kier molecular flexibility index (Phi) is 7.00. The number of aryl methyl sites for hydroxylation is 1. The van der Waals surface area contributed by atoms with Crippen molar-refractivity contribution in [1.82, 2.24) is 10.2 Å². The Labute approximate surface area is 205 Å². The molecule has 0 saturated heterocycles. The number of fused-ring (bicyclic) bond motifs is 3. The summed E-state index contributed by atoms with van der Waals surface area (Å²) in [6.07, 6.45) is 0.658. The average Bonchev–Trinajstić information content (AvgIpc) is 2.98. The van der Waals surface area contributed by atoms with E-state index in [2.05, 4.69) is 11.4 Å². The molecule has 0 radical (unpaired) electrons. The lowest BCUT2D eigenvalue weighted by Gasteiger charge is -2.45. The van der Waals surface area contributed by atoms with Gasteiger partial charge < -0.3 is 39.0 Å². The second-order valence-electron chi connectivity index (χ2n) is 8.76. The van der Waals surface area contributed by atoms with Crippen LogP contribution in [0.2, 0.25) is 0 Å². The summed E-state index contributed by atoms with van der Waals surface area (Å²) < 4.78 is 28.3. The van der Waals surface area contributed by atoms with E-state index in [0.29, 0.717) is 35.2 Å². The molecule has 2 aromatic carbocycles. The van der Waals surface area contributed by atoms with Gasteiger partial charge in [0.15, 0.2) is 23.0 Å². The van der Waals surface area contributed by atoms with E-state index in [-0.39, 0.29) is 31.0 Å². The van der Waals surface area contributed by atoms with Crippen molar-refractivity contribution in [2.45, 2.75) is 37.9 Å². The van der Waals surface area contributed by atoms with Gasteiger partial charge in [-0.15, -0.1) is 0 Å². The first-order valence-electron chi connectivity index (χ1n) is 11.6. The highest BCUT2D eigenvalue weighted by molar-refractivity contribution is 5.84. The molecule has 2 aliphatic heterocycles. The Bertz CT molecular complexity index is 1130. The highest BCUT2D eigenvalue weighted by Crippen LogP contribution is 2.51. The monoisotopic (exact) mass is 486 g/mol. The lowest BCUT2D eigenvalue weighted by atomic mass is 9.82. The van der Waals surface area contributed by atoms with Crippen molar-refractivity contribution in [3.05, 3.63) is 39.9 Å². The molecule has 0 fully saturated rings. The van der Waals surface area contributed by atoms with E-state index >= 15 is 0 Å². The number of carbonyl (C=O) groups excluding carboxylic acids is 1. The number of nitrogens with one attached hydrogen (secondary N) is 1. The fourth-order valence-electron chi connectivity index (χ4n) is 5.85. The van der Waals surface area contributed by atoms with Crippen molar-refractivity contribution in [3.8, 4) is 28.7 Å². The molecule has 2 aromatic rings. The first kappa shape index (κ1) is 24.9. The molecule has 1 unspecified atom stereocenters. The van der Waals surface area contributed by atoms with Gasteiger partial charge in [-0.25, -0.2) is 0 Å². The molecule has 0 saturated carbocycles. The van der Waals surface area contributed by atoms with E-state index < -0.39 is 6.04 Å². The Hall–Kier alpha value is -3.17. The number of likely N-dealkylation sites (N-methyl/N-ethyl adjacent to an activating group) is 1. The van der Waals surface area contributed by atoms with E-state index in [0.717, 1.165) is 27.8 Å². The zero-order valence-corrected chi connectivity index (χ0v) is 21.4. The summed E-state index contributed by atoms with van der Waals surface area (Å²) in [5.74, 6) is 2.49. The van der Waals surface area contributed by atoms with Crippen LogP contribution in [0.15, 0.2) is 12.1 Å². The maximum Gasteiger partial charge on any atom is 0.228 e. The fraction of sp³-hybridized carbons (Fsp3) is 0.500. The number of benzene rings is 2. The summed E-state index contributed by atoms with van der Waals surface area (Å²) in [6.45, 7) is 1.71. The molecule has 2 heterocycles. The van der Waals surface area contributed by atoms with Gasteiger partial charge in [-0.1, -0.05) is 6.07 Å². The van der Waals surface area contributed by atoms with Crippen LogP contribution in [0.1, 0.15) is 39.9 Å². The molecular weight excluding hydrogens is 452 g/mol. The number of aliphatic hydroxyl groups excluding tert-OH is 1. The van der Waals surface area contributed by atoms with Crippen LogP contribution in [-0.4, -0.2) is 71.2 Å². The maximum atomic E-state index is 13.9. The number of amides is 1. The number of aliphatic hydroxyl groups is 1. The van der Waals surface area contributed by atoms with Crippen LogP contribution < -0.4 is 29.0 Å². The molecule has 4 rings (SSSR count). The van der Waals surface area contributed by atoms with Crippen LogP contribution in [-0.2, 0) is 17.6 Å². The van der Waals surface area contributed by atoms with Gasteiger partial charge in [-0.3, -0.25) is 4.79 Å². The fourth-order valence-corrected chi connectivity index (χ4v) is 5.85. The third-order valence-corrected chi connectivity index (χ3v) is 7.20. The lowest BCUT2D eigenvalue weighted by molar-refractivity contribution is -0.138. The third-order valence-electron chi connectivity index (χ3n) is 7.20. The molecule has 0 bridgehead atoms. The quantitative estimate of drug-likeness (QED) is 0.616. The second-order valence-corrected chi connectivity index (χ2v) is 8.76. The predicted molar refractivity (Wildman–Crippen MR) is 130 cm³/mol. The molecule has 9 heteroatoms. The van der Waals surface area contributed by atoms with Crippen molar-refractivity contribution >= 4 is 5.91 Å².